The van der Waals surface area contributed by atoms with Crippen molar-refractivity contribution in [2.24, 2.45) is 0 Å². The highest BCUT2D eigenvalue weighted by molar-refractivity contribution is 6.67. The second-order valence-corrected chi connectivity index (χ2v) is 3.90. The highest BCUT2D eigenvalue weighted by atomic mass is 35.5. The summed E-state index contributed by atoms with van der Waals surface area (Å²) in [6.07, 6.45) is 2.38. The maximum atomic E-state index is 10.8. The van der Waals surface area contributed by atoms with Gasteiger partial charge < -0.3 is 5.11 Å². The third kappa shape index (κ3) is 3.65. The van der Waals surface area contributed by atoms with Gasteiger partial charge in [-0.2, -0.15) is 0 Å². The Hall–Kier alpha value is -0.860. The first-order valence-corrected chi connectivity index (χ1v) is 5.50. The number of hydrogen-bond donors (Lipinski definition) is 1. The Bertz CT molecular complexity index is 319. The van der Waals surface area contributed by atoms with Crippen LogP contribution in [-0.4, -0.2) is 10.3 Å². The molecule has 1 aromatic rings. The van der Waals surface area contributed by atoms with Crippen LogP contribution >= 0.6 is 11.6 Å². The van der Waals surface area contributed by atoms with Gasteiger partial charge in [-0.15, -0.1) is 0 Å². The second kappa shape index (κ2) is 5.89. The predicted molar refractivity (Wildman–Crippen MR) is 61.1 cm³/mol. The molecule has 1 unspecified atom stereocenters. The minimum absolute atomic E-state index is 0.440. The van der Waals surface area contributed by atoms with Crippen LogP contribution in [0.1, 0.15) is 48.2 Å². The van der Waals surface area contributed by atoms with Crippen molar-refractivity contribution in [1.82, 2.24) is 0 Å². The van der Waals surface area contributed by atoms with Gasteiger partial charge in [0.1, 0.15) is 0 Å². The highest BCUT2D eigenvalue weighted by Crippen LogP contribution is 2.19. The van der Waals surface area contributed by atoms with E-state index in [9.17, 15) is 9.90 Å². The van der Waals surface area contributed by atoms with E-state index in [1.54, 1.807) is 24.3 Å². The van der Waals surface area contributed by atoms with Gasteiger partial charge in [0, 0.05) is 5.56 Å². The van der Waals surface area contributed by atoms with Crippen molar-refractivity contribution in [2.45, 2.75) is 32.3 Å². The summed E-state index contributed by atoms with van der Waals surface area (Å²) < 4.78 is 0. The Morgan fingerprint density at radius 3 is 2.47 bits per heavy atom. The van der Waals surface area contributed by atoms with E-state index < -0.39 is 11.3 Å². The second-order valence-electron chi connectivity index (χ2n) is 3.55. The molecule has 0 aromatic heterocycles. The number of rotatable bonds is 5. The monoisotopic (exact) mass is 226 g/mol. The van der Waals surface area contributed by atoms with Gasteiger partial charge >= 0.3 is 0 Å². The number of hydrogen-bond acceptors (Lipinski definition) is 2. The van der Waals surface area contributed by atoms with Crippen molar-refractivity contribution in [3.63, 3.8) is 0 Å². The number of carbonyl (C=O) groups is 1. The molecule has 2 nitrogen and oxygen atoms in total. The summed E-state index contributed by atoms with van der Waals surface area (Å²) in [7, 11) is 0. The van der Waals surface area contributed by atoms with Gasteiger partial charge in [-0.05, 0) is 35.7 Å². The van der Waals surface area contributed by atoms with Crippen LogP contribution in [-0.2, 0) is 0 Å². The smallest absolute Gasteiger partial charge is 0.252 e. The van der Waals surface area contributed by atoms with Gasteiger partial charge in [0.05, 0.1) is 6.10 Å². The summed E-state index contributed by atoms with van der Waals surface area (Å²) in [6, 6.07) is 6.77. The first kappa shape index (κ1) is 12.2. The molecule has 0 radical (unpaired) electrons. The van der Waals surface area contributed by atoms with E-state index in [1.807, 2.05) is 0 Å². The number of halogens is 1. The number of carbonyl (C=O) groups excluding carboxylic acids is 1. The zero-order chi connectivity index (χ0) is 11.3. The summed E-state index contributed by atoms with van der Waals surface area (Å²) in [5.41, 5.74) is 1.30. The van der Waals surface area contributed by atoms with Crippen molar-refractivity contribution in [1.29, 1.82) is 0 Å². The molecule has 1 rings (SSSR count). The molecule has 0 spiro atoms. The molecule has 1 atom stereocenters. The summed E-state index contributed by atoms with van der Waals surface area (Å²) in [4.78, 5) is 10.8. The van der Waals surface area contributed by atoms with Crippen LogP contribution in [0, 0.1) is 0 Å². The van der Waals surface area contributed by atoms with E-state index in [4.69, 9.17) is 11.6 Å². The lowest BCUT2D eigenvalue weighted by Gasteiger charge is -2.10. The average molecular weight is 227 g/mol. The van der Waals surface area contributed by atoms with Crippen molar-refractivity contribution in [3.8, 4) is 0 Å². The normalized spacial score (nSPS) is 12.5. The number of aliphatic hydroxyl groups excluding tert-OH is 1. The van der Waals surface area contributed by atoms with Crippen LogP contribution in [0.25, 0.3) is 0 Å². The maximum absolute atomic E-state index is 10.8. The van der Waals surface area contributed by atoms with Crippen molar-refractivity contribution < 1.29 is 9.90 Å². The topological polar surface area (TPSA) is 37.3 Å². The van der Waals surface area contributed by atoms with Crippen LogP contribution in [0.15, 0.2) is 24.3 Å². The van der Waals surface area contributed by atoms with Gasteiger partial charge in [0.15, 0.2) is 0 Å². The van der Waals surface area contributed by atoms with Gasteiger partial charge in [0.25, 0.3) is 5.24 Å². The third-order valence-electron chi connectivity index (χ3n) is 2.35. The van der Waals surface area contributed by atoms with E-state index in [2.05, 4.69) is 6.92 Å². The Kier molecular flexibility index (Phi) is 4.79. The van der Waals surface area contributed by atoms with Crippen molar-refractivity contribution in [2.75, 3.05) is 0 Å². The molecule has 1 aromatic carbocycles. The van der Waals surface area contributed by atoms with Crippen LogP contribution in [0.2, 0.25) is 0 Å². The van der Waals surface area contributed by atoms with Crippen molar-refractivity contribution >= 4 is 16.8 Å². The minimum atomic E-state index is -0.468. The molecular formula is C12H15ClO2. The molecule has 0 amide bonds. The molecule has 0 bridgehead atoms. The first-order chi connectivity index (χ1) is 7.15. The van der Waals surface area contributed by atoms with Crippen LogP contribution in [0.4, 0.5) is 0 Å². The number of aliphatic hydroxyl groups is 1. The van der Waals surface area contributed by atoms with Gasteiger partial charge in [-0.25, -0.2) is 0 Å². The SMILES string of the molecule is CCCCC(O)c1ccc(C(=O)Cl)cc1. The molecule has 0 saturated carbocycles. The largest absolute Gasteiger partial charge is 0.388 e. The van der Waals surface area contributed by atoms with E-state index in [1.165, 1.54) is 0 Å². The lowest BCUT2D eigenvalue weighted by Crippen LogP contribution is -1.98. The molecule has 0 heterocycles. The summed E-state index contributed by atoms with van der Waals surface area (Å²) in [5.74, 6) is 0. The molecule has 82 valence electrons. The standard InChI is InChI=1S/C12H15ClO2/c1-2-3-4-11(14)9-5-7-10(8-6-9)12(13)15/h5-8,11,14H,2-4H2,1H3. The zero-order valence-corrected chi connectivity index (χ0v) is 9.50. The fourth-order valence-electron chi connectivity index (χ4n) is 1.40. The first-order valence-electron chi connectivity index (χ1n) is 5.13. The minimum Gasteiger partial charge on any atom is -0.388 e. The Balaban J connectivity index is 2.66. The lowest BCUT2D eigenvalue weighted by atomic mass is 10.0. The van der Waals surface area contributed by atoms with Crippen LogP contribution in [0.3, 0.4) is 0 Å². The quantitative estimate of drug-likeness (QED) is 0.783. The molecule has 0 aliphatic carbocycles. The molecule has 0 saturated heterocycles. The predicted octanol–water partition coefficient (Wildman–Crippen LogP) is 3.29. The summed E-state index contributed by atoms with van der Waals surface area (Å²) in [5, 5.41) is 9.30. The van der Waals surface area contributed by atoms with Crippen LogP contribution in [0.5, 0.6) is 0 Å². The van der Waals surface area contributed by atoms with Gasteiger partial charge in [0.2, 0.25) is 0 Å². The molecular weight excluding hydrogens is 212 g/mol. The van der Waals surface area contributed by atoms with Crippen molar-refractivity contribution in [3.05, 3.63) is 35.4 Å². The Morgan fingerprint density at radius 1 is 1.40 bits per heavy atom. The van der Waals surface area contributed by atoms with Gasteiger partial charge in [-0.3, -0.25) is 4.79 Å². The highest BCUT2D eigenvalue weighted by Gasteiger charge is 2.07. The average Bonchev–Trinajstić information content (AvgIpc) is 2.26. The fraction of sp³-hybridized carbons (Fsp3) is 0.417. The molecule has 15 heavy (non-hydrogen) atoms. The molecule has 0 fully saturated rings. The number of unbranched alkanes of at least 4 members (excludes halogenated alkanes) is 1. The summed E-state index contributed by atoms with van der Waals surface area (Å²) >= 11 is 5.32. The third-order valence-corrected chi connectivity index (χ3v) is 2.57. The lowest BCUT2D eigenvalue weighted by molar-refractivity contribution is 0.108. The Morgan fingerprint density at radius 2 is 2.00 bits per heavy atom. The summed E-state index contributed by atoms with van der Waals surface area (Å²) in [6.45, 7) is 2.09. The van der Waals surface area contributed by atoms with Gasteiger partial charge in [-0.1, -0.05) is 31.9 Å². The fourth-order valence-corrected chi connectivity index (χ4v) is 1.53. The van der Waals surface area contributed by atoms with E-state index in [0.717, 1.165) is 24.8 Å². The van der Waals surface area contributed by atoms with E-state index >= 15 is 0 Å². The molecule has 0 aliphatic rings. The Labute approximate surface area is 94.9 Å². The van der Waals surface area contributed by atoms with Crippen LogP contribution < -0.4 is 0 Å². The number of benzene rings is 1. The van der Waals surface area contributed by atoms with E-state index in [0.29, 0.717) is 5.56 Å². The van der Waals surface area contributed by atoms with E-state index in [-0.39, 0.29) is 0 Å². The zero-order valence-electron chi connectivity index (χ0n) is 8.74. The molecule has 1 N–H and O–H groups in total. The maximum Gasteiger partial charge on any atom is 0.252 e. The molecule has 0 aliphatic heterocycles. The molecule has 3 heteroatoms.